The van der Waals surface area contributed by atoms with E-state index in [2.05, 4.69) is 22.4 Å². The van der Waals surface area contributed by atoms with E-state index in [4.69, 9.17) is 9.47 Å². The van der Waals surface area contributed by atoms with Gasteiger partial charge < -0.3 is 14.8 Å². The molecule has 0 spiro atoms. The molecular formula is C14H20N4O2. The number of ether oxygens (including phenoxy) is 2. The van der Waals surface area contributed by atoms with Crippen molar-refractivity contribution in [2.75, 3.05) is 26.1 Å². The molecule has 0 aliphatic heterocycles. The monoisotopic (exact) mass is 276 g/mol. The number of rotatable bonds is 6. The third kappa shape index (κ3) is 2.54. The SMILES string of the molecule is CCNc1nnc(-c2cc(OC)ccc2OC)n1CC. The number of aromatic nitrogens is 3. The summed E-state index contributed by atoms with van der Waals surface area (Å²) in [5.41, 5.74) is 0.866. The molecule has 0 aliphatic rings. The number of nitrogens with zero attached hydrogens (tertiary/aromatic N) is 3. The smallest absolute Gasteiger partial charge is 0.224 e. The van der Waals surface area contributed by atoms with E-state index >= 15 is 0 Å². The Kier molecular flexibility index (Phi) is 4.45. The van der Waals surface area contributed by atoms with Gasteiger partial charge in [-0.15, -0.1) is 10.2 Å². The summed E-state index contributed by atoms with van der Waals surface area (Å²) >= 11 is 0. The molecule has 108 valence electrons. The van der Waals surface area contributed by atoms with E-state index in [0.29, 0.717) is 0 Å². The van der Waals surface area contributed by atoms with Gasteiger partial charge in [0.1, 0.15) is 11.5 Å². The minimum absolute atomic E-state index is 0.746. The molecule has 6 nitrogen and oxygen atoms in total. The molecule has 0 saturated carbocycles. The summed E-state index contributed by atoms with van der Waals surface area (Å²) in [4.78, 5) is 0. The van der Waals surface area contributed by atoms with Crippen LogP contribution in [0, 0.1) is 0 Å². The second kappa shape index (κ2) is 6.27. The Labute approximate surface area is 118 Å². The van der Waals surface area contributed by atoms with E-state index in [-0.39, 0.29) is 0 Å². The second-order valence-corrected chi connectivity index (χ2v) is 4.19. The summed E-state index contributed by atoms with van der Waals surface area (Å²) in [6, 6.07) is 5.64. The molecule has 0 radical (unpaired) electrons. The minimum atomic E-state index is 0.746. The van der Waals surface area contributed by atoms with Crippen LogP contribution in [0.3, 0.4) is 0 Å². The van der Waals surface area contributed by atoms with Gasteiger partial charge in [-0.3, -0.25) is 4.57 Å². The Morgan fingerprint density at radius 3 is 2.55 bits per heavy atom. The number of benzene rings is 1. The zero-order valence-corrected chi connectivity index (χ0v) is 12.3. The Morgan fingerprint density at radius 1 is 1.15 bits per heavy atom. The maximum absolute atomic E-state index is 5.41. The molecule has 0 atom stereocenters. The van der Waals surface area contributed by atoms with Crippen molar-refractivity contribution in [1.82, 2.24) is 14.8 Å². The fourth-order valence-corrected chi connectivity index (χ4v) is 2.08. The van der Waals surface area contributed by atoms with Gasteiger partial charge in [0.15, 0.2) is 5.82 Å². The summed E-state index contributed by atoms with van der Waals surface area (Å²) < 4.78 is 12.7. The average molecular weight is 276 g/mol. The Bertz CT molecular complexity index is 581. The van der Waals surface area contributed by atoms with Crippen molar-refractivity contribution >= 4 is 5.95 Å². The minimum Gasteiger partial charge on any atom is -0.497 e. The predicted molar refractivity (Wildman–Crippen MR) is 78.4 cm³/mol. The van der Waals surface area contributed by atoms with Gasteiger partial charge in [0, 0.05) is 13.1 Å². The van der Waals surface area contributed by atoms with Gasteiger partial charge in [-0.25, -0.2) is 0 Å². The van der Waals surface area contributed by atoms with Crippen LogP contribution in [0.2, 0.25) is 0 Å². The molecular weight excluding hydrogens is 256 g/mol. The molecule has 1 aromatic heterocycles. The fourth-order valence-electron chi connectivity index (χ4n) is 2.08. The van der Waals surface area contributed by atoms with Crippen molar-refractivity contribution in [3.8, 4) is 22.9 Å². The molecule has 0 aliphatic carbocycles. The molecule has 0 saturated heterocycles. The lowest BCUT2D eigenvalue weighted by Gasteiger charge is -2.12. The highest BCUT2D eigenvalue weighted by Crippen LogP contribution is 2.33. The largest absolute Gasteiger partial charge is 0.497 e. The predicted octanol–water partition coefficient (Wildman–Crippen LogP) is 2.41. The molecule has 0 unspecified atom stereocenters. The molecule has 20 heavy (non-hydrogen) atoms. The van der Waals surface area contributed by atoms with Crippen LogP contribution in [-0.2, 0) is 6.54 Å². The number of anilines is 1. The van der Waals surface area contributed by atoms with Crippen LogP contribution in [0.4, 0.5) is 5.95 Å². The highest BCUT2D eigenvalue weighted by Gasteiger charge is 2.16. The van der Waals surface area contributed by atoms with Crippen LogP contribution >= 0.6 is 0 Å². The van der Waals surface area contributed by atoms with Gasteiger partial charge in [-0.1, -0.05) is 0 Å². The van der Waals surface area contributed by atoms with Crippen molar-refractivity contribution in [1.29, 1.82) is 0 Å². The molecule has 0 fully saturated rings. The lowest BCUT2D eigenvalue weighted by molar-refractivity contribution is 0.404. The zero-order valence-electron chi connectivity index (χ0n) is 12.3. The molecule has 1 N–H and O–H groups in total. The van der Waals surface area contributed by atoms with Crippen molar-refractivity contribution in [2.24, 2.45) is 0 Å². The second-order valence-electron chi connectivity index (χ2n) is 4.19. The van der Waals surface area contributed by atoms with Crippen LogP contribution in [0.1, 0.15) is 13.8 Å². The van der Waals surface area contributed by atoms with E-state index < -0.39 is 0 Å². The van der Waals surface area contributed by atoms with Crippen LogP contribution in [0.15, 0.2) is 18.2 Å². The maximum atomic E-state index is 5.41. The van der Waals surface area contributed by atoms with Gasteiger partial charge in [-0.05, 0) is 32.0 Å². The lowest BCUT2D eigenvalue weighted by atomic mass is 10.1. The standard InChI is InChI=1S/C14H20N4O2/c1-5-15-14-17-16-13(18(14)6-2)11-9-10(19-3)7-8-12(11)20-4/h7-9H,5-6H2,1-4H3,(H,15,17). The first-order chi connectivity index (χ1) is 9.74. The number of hydrogen-bond donors (Lipinski definition) is 1. The Hall–Kier alpha value is -2.24. The van der Waals surface area contributed by atoms with Crippen molar-refractivity contribution in [3.05, 3.63) is 18.2 Å². The van der Waals surface area contributed by atoms with Gasteiger partial charge in [0.25, 0.3) is 0 Å². The summed E-state index contributed by atoms with van der Waals surface area (Å²) in [5, 5.41) is 11.7. The van der Waals surface area contributed by atoms with Gasteiger partial charge >= 0.3 is 0 Å². The third-order valence-corrected chi connectivity index (χ3v) is 3.05. The number of methoxy groups -OCH3 is 2. The fraction of sp³-hybridized carbons (Fsp3) is 0.429. The maximum Gasteiger partial charge on any atom is 0.224 e. The van der Waals surface area contributed by atoms with Gasteiger partial charge in [0.05, 0.1) is 19.8 Å². The summed E-state index contributed by atoms with van der Waals surface area (Å²) in [6.45, 7) is 5.65. The van der Waals surface area contributed by atoms with Crippen LogP contribution < -0.4 is 14.8 Å². The molecule has 2 aromatic rings. The molecule has 1 heterocycles. The van der Waals surface area contributed by atoms with E-state index in [0.717, 1.165) is 41.9 Å². The average Bonchev–Trinajstić information content (AvgIpc) is 2.89. The normalized spacial score (nSPS) is 10.4. The molecule has 6 heteroatoms. The van der Waals surface area contributed by atoms with Gasteiger partial charge in [0.2, 0.25) is 5.95 Å². The van der Waals surface area contributed by atoms with E-state index in [1.807, 2.05) is 29.7 Å². The molecule has 0 bridgehead atoms. The lowest BCUT2D eigenvalue weighted by Crippen LogP contribution is -2.07. The summed E-state index contributed by atoms with van der Waals surface area (Å²) in [6.07, 6.45) is 0. The van der Waals surface area contributed by atoms with Crippen molar-refractivity contribution in [3.63, 3.8) is 0 Å². The molecule has 0 amide bonds. The van der Waals surface area contributed by atoms with E-state index in [1.54, 1.807) is 14.2 Å². The van der Waals surface area contributed by atoms with Gasteiger partial charge in [-0.2, -0.15) is 0 Å². The van der Waals surface area contributed by atoms with E-state index in [9.17, 15) is 0 Å². The quantitative estimate of drug-likeness (QED) is 0.878. The van der Waals surface area contributed by atoms with E-state index in [1.165, 1.54) is 0 Å². The van der Waals surface area contributed by atoms with Crippen molar-refractivity contribution < 1.29 is 9.47 Å². The Balaban J connectivity index is 2.55. The first kappa shape index (κ1) is 14.2. The zero-order chi connectivity index (χ0) is 14.5. The van der Waals surface area contributed by atoms with Crippen LogP contribution in [-0.4, -0.2) is 35.5 Å². The molecule has 1 aromatic carbocycles. The van der Waals surface area contributed by atoms with Crippen LogP contribution in [0.25, 0.3) is 11.4 Å². The highest BCUT2D eigenvalue weighted by atomic mass is 16.5. The topological polar surface area (TPSA) is 61.2 Å². The van der Waals surface area contributed by atoms with Crippen molar-refractivity contribution in [2.45, 2.75) is 20.4 Å². The molecule has 2 rings (SSSR count). The first-order valence-corrected chi connectivity index (χ1v) is 6.64. The first-order valence-electron chi connectivity index (χ1n) is 6.64. The Morgan fingerprint density at radius 2 is 1.95 bits per heavy atom. The number of hydrogen-bond acceptors (Lipinski definition) is 5. The summed E-state index contributed by atoms with van der Waals surface area (Å²) in [7, 11) is 3.28. The summed E-state index contributed by atoms with van der Waals surface area (Å²) in [5.74, 6) is 3.03. The third-order valence-electron chi connectivity index (χ3n) is 3.05. The number of nitrogens with one attached hydrogen (secondary N) is 1. The van der Waals surface area contributed by atoms with Crippen LogP contribution in [0.5, 0.6) is 11.5 Å². The highest BCUT2D eigenvalue weighted by molar-refractivity contribution is 5.67.